The summed E-state index contributed by atoms with van der Waals surface area (Å²) in [5.41, 5.74) is 0.596. The summed E-state index contributed by atoms with van der Waals surface area (Å²) >= 11 is 5.91. The second kappa shape index (κ2) is 8.93. The number of sulfonamides is 1. The zero-order chi connectivity index (χ0) is 19.3. The summed E-state index contributed by atoms with van der Waals surface area (Å²) in [6, 6.07) is 13.3. The van der Waals surface area contributed by atoms with Crippen LogP contribution in [0.5, 0.6) is 5.75 Å². The molecule has 0 amide bonds. The molecule has 6 nitrogen and oxygen atoms in total. The van der Waals surface area contributed by atoms with Crippen molar-refractivity contribution in [2.45, 2.75) is 4.90 Å². The number of ether oxygens (including phenoxy) is 2. The van der Waals surface area contributed by atoms with Crippen LogP contribution in [0.1, 0.15) is 0 Å². The van der Waals surface area contributed by atoms with Crippen LogP contribution in [0.15, 0.2) is 53.4 Å². The third-order valence-corrected chi connectivity index (χ3v) is 6.58. The first-order valence-electron chi connectivity index (χ1n) is 8.73. The Kier molecular flexibility index (Phi) is 6.59. The molecule has 0 aliphatic carbocycles. The molecule has 1 aliphatic heterocycles. The van der Waals surface area contributed by atoms with Gasteiger partial charge in [0.1, 0.15) is 5.75 Å². The van der Waals surface area contributed by atoms with E-state index in [0.717, 1.165) is 13.1 Å². The van der Waals surface area contributed by atoms with E-state index >= 15 is 0 Å². The molecular formula is C19H23ClN2O4S. The van der Waals surface area contributed by atoms with Gasteiger partial charge in [0.05, 0.1) is 30.9 Å². The normalized spacial score (nSPS) is 15.5. The van der Waals surface area contributed by atoms with Gasteiger partial charge in [0, 0.05) is 31.2 Å². The number of hydrogen-bond acceptors (Lipinski definition) is 5. The molecule has 0 unspecified atom stereocenters. The number of anilines is 1. The van der Waals surface area contributed by atoms with Crippen LogP contribution >= 0.6 is 11.6 Å². The number of morpholine rings is 1. The monoisotopic (exact) mass is 410 g/mol. The third kappa shape index (κ3) is 4.93. The summed E-state index contributed by atoms with van der Waals surface area (Å²) in [4.78, 5) is 2.42. The first-order valence-corrected chi connectivity index (χ1v) is 10.5. The zero-order valence-electron chi connectivity index (χ0n) is 15.2. The molecule has 0 aromatic heterocycles. The fourth-order valence-electron chi connectivity index (χ4n) is 2.93. The van der Waals surface area contributed by atoms with Gasteiger partial charge in [-0.2, -0.15) is 0 Å². The summed E-state index contributed by atoms with van der Waals surface area (Å²) in [6.07, 6.45) is 0. The summed E-state index contributed by atoms with van der Waals surface area (Å²) in [5, 5.41) is 0.498. The van der Waals surface area contributed by atoms with E-state index in [-0.39, 0.29) is 4.90 Å². The molecule has 1 fully saturated rings. The SMILES string of the molecule is COc1ccc(N(CCN2CCOCC2)S(=O)(=O)c2ccc(Cl)cc2)cc1. The molecule has 0 radical (unpaired) electrons. The van der Waals surface area contributed by atoms with E-state index in [1.165, 1.54) is 16.4 Å². The van der Waals surface area contributed by atoms with Crippen molar-refractivity contribution >= 4 is 27.3 Å². The lowest BCUT2D eigenvalue weighted by Crippen LogP contribution is -2.43. The molecule has 3 rings (SSSR count). The summed E-state index contributed by atoms with van der Waals surface area (Å²) in [7, 11) is -2.14. The molecule has 2 aromatic rings. The molecule has 0 saturated carbocycles. The minimum absolute atomic E-state index is 0.213. The van der Waals surface area contributed by atoms with Gasteiger partial charge in [-0.1, -0.05) is 11.6 Å². The molecule has 146 valence electrons. The van der Waals surface area contributed by atoms with Crippen LogP contribution in [-0.2, 0) is 14.8 Å². The molecule has 0 spiro atoms. The van der Waals surface area contributed by atoms with E-state index in [4.69, 9.17) is 21.1 Å². The van der Waals surface area contributed by atoms with Gasteiger partial charge in [-0.15, -0.1) is 0 Å². The Morgan fingerprint density at radius 2 is 1.70 bits per heavy atom. The van der Waals surface area contributed by atoms with Crippen molar-refractivity contribution in [1.29, 1.82) is 0 Å². The lowest BCUT2D eigenvalue weighted by atomic mass is 10.3. The molecule has 1 aliphatic rings. The predicted molar refractivity (Wildman–Crippen MR) is 106 cm³/mol. The van der Waals surface area contributed by atoms with Crippen molar-refractivity contribution in [3.63, 3.8) is 0 Å². The van der Waals surface area contributed by atoms with Crippen LogP contribution in [0.4, 0.5) is 5.69 Å². The van der Waals surface area contributed by atoms with Gasteiger partial charge >= 0.3 is 0 Å². The standard InChI is InChI=1S/C19H23ClN2O4S/c1-25-18-6-4-17(5-7-18)22(11-10-21-12-14-26-15-13-21)27(23,24)19-8-2-16(20)3-9-19/h2-9H,10-15H2,1H3. The smallest absolute Gasteiger partial charge is 0.264 e. The average Bonchev–Trinajstić information content (AvgIpc) is 2.69. The Labute approximate surface area is 165 Å². The van der Waals surface area contributed by atoms with Gasteiger partial charge in [0.2, 0.25) is 0 Å². The number of hydrogen-bond donors (Lipinski definition) is 0. The van der Waals surface area contributed by atoms with Gasteiger partial charge < -0.3 is 9.47 Å². The molecule has 2 aromatic carbocycles. The van der Waals surface area contributed by atoms with Crippen LogP contribution in [0.2, 0.25) is 5.02 Å². The summed E-state index contributed by atoms with van der Waals surface area (Å²) < 4.78 is 38.5. The van der Waals surface area contributed by atoms with Crippen molar-refractivity contribution in [3.05, 3.63) is 53.6 Å². The molecule has 1 heterocycles. The lowest BCUT2D eigenvalue weighted by molar-refractivity contribution is 0.0395. The van der Waals surface area contributed by atoms with E-state index < -0.39 is 10.0 Å². The molecule has 1 saturated heterocycles. The Balaban J connectivity index is 1.88. The molecule has 8 heteroatoms. The number of halogens is 1. The van der Waals surface area contributed by atoms with Gasteiger partial charge in [-0.3, -0.25) is 9.21 Å². The first-order chi connectivity index (χ1) is 13.0. The van der Waals surface area contributed by atoms with Crippen LogP contribution in [-0.4, -0.2) is 59.8 Å². The maximum absolute atomic E-state index is 13.3. The zero-order valence-corrected chi connectivity index (χ0v) is 16.7. The highest BCUT2D eigenvalue weighted by atomic mass is 35.5. The number of methoxy groups -OCH3 is 1. The Bertz CT molecular complexity index is 835. The summed E-state index contributed by atoms with van der Waals surface area (Å²) in [5.74, 6) is 0.677. The predicted octanol–water partition coefficient (Wildman–Crippen LogP) is 2.88. The van der Waals surface area contributed by atoms with Crippen molar-refractivity contribution in [2.75, 3.05) is 50.8 Å². The number of nitrogens with zero attached hydrogens (tertiary/aromatic N) is 2. The van der Waals surface area contributed by atoms with Crippen molar-refractivity contribution < 1.29 is 17.9 Å². The lowest BCUT2D eigenvalue weighted by Gasteiger charge is -2.30. The highest BCUT2D eigenvalue weighted by Crippen LogP contribution is 2.26. The second-order valence-corrected chi connectivity index (χ2v) is 8.48. The molecule has 27 heavy (non-hydrogen) atoms. The minimum atomic E-state index is -3.72. The largest absolute Gasteiger partial charge is 0.497 e. The topological polar surface area (TPSA) is 59.1 Å². The first kappa shape index (κ1) is 19.9. The maximum atomic E-state index is 13.3. The molecule has 0 bridgehead atoms. The van der Waals surface area contributed by atoms with E-state index in [2.05, 4.69) is 4.90 Å². The van der Waals surface area contributed by atoms with E-state index in [1.54, 1.807) is 43.5 Å². The fourth-order valence-corrected chi connectivity index (χ4v) is 4.51. The Morgan fingerprint density at radius 1 is 1.07 bits per heavy atom. The number of rotatable bonds is 7. The van der Waals surface area contributed by atoms with Gasteiger partial charge in [0.25, 0.3) is 10.0 Å². The highest BCUT2D eigenvalue weighted by Gasteiger charge is 2.26. The van der Waals surface area contributed by atoms with Crippen molar-refractivity contribution in [2.24, 2.45) is 0 Å². The summed E-state index contributed by atoms with van der Waals surface area (Å²) in [6.45, 7) is 3.92. The van der Waals surface area contributed by atoms with Crippen molar-refractivity contribution in [3.8, 4) is 5.75 Å². The van der Waals surface area contributed by atoms with Crippen LogP contribution in [0.25, 0.3) is 0 Å². The van der Waals surface area contributed by atoms with Crippen LogP contribution in [0, 0.1) is 0 Å². The van der Waals surface area contributed by atoms with Crippen molar-refractivity contribution in [1.82, 2.24) is 4.90 Å². The molecular weight excluding hydrogens is 388 g/mol. The highest BCUT2D eigenvalue weighted by molar-refractivity contribution is 7.92. The number of benzene rings is 2. The fraction of sp³-hybridized carbons (Fsp3) is 0.368. The van der Waals surface area contributed by atoms with Gasteiger partial charge in [-0.25, -0.2) is 8.42 Å². The van der Waals surface area contributed by atoms with Crippen LogP contribution < -0.4 is 9.04 Å². The van der Waals surface area contributed by atoms with Gasteiger partial charge in [0.15, 0.2) is 0 Å². The average molecular weight is 411 g/mol. The Hall–Kier alpha value is -1.80. The molecule has 0 atom stereocenters. The van der Waals surface area contributed by atoms with E-state index in [0.29, 0.717) is 42.8 Å². The van der Waals surface area contributed by atoms with E-state index in [9.17, 15) is 8.42 Å². The Morgan fingerprint density at radius 3 is 2.30 bits per heavy atom. The van der Waals surface area contributed by atoms with E-state index in [1.807, 2.05) is 0 Å². The quantitative estimate of drug-likeness (QED) is 0.702. The maximum Gasteiger partial charge on any atom is 0.264 e. The second-order valence-electron chi connectivity index (χ2n) is 6.18. The minimum Gasteiger partial charge on any atom is -0.497 e. The molecule has 0 N–H and O–H groups in total. The van der Waals surface area contributed by atoms with Gasteiger partial charge in [-0.05, 0) is 48.5 Å². The van der Waals surface area contributed by atoms with Crippen LogP contribution in [0.3, 0.4) is 0 Å². The third-order valence-electron chi connectivity index (χ3n) is 4.49.